The molecule has 20 heteroatoms. The third-order valence-electron chi connectivity index (χ3n) is 7.24. The van der Waals surface area contributed by atoms with Crippen molar-refractivity contribution >= 4 is 53.2 Å². The number of primary amides is 2. The van der Waals surface area contributed by atoms with E-state index in [1.165, 1.54) is 6.92 Å². The van der Waals surface area contributed by atoms with Crippen LogP contribution >= 0.6 is 0 Å². The number of hydrogen-bond acceptors (Lipinski definition) is 11. The average Bonchev–Trinajstić information content (AvgIpc) is 3.05. The van der Waals surface area contributed by atoms with Crippen LogP contribution in [0.3, 0.4) is 0 Å². The van der Waals surface area contributed by atoms with Crippen LogP contribution in [0.1, 0.15) is 45.6 Å². The van der Waals surface area contributed by atoms with E-state index < -0.39 is 128 Å². The molecule has 0 saturated carbocycles. The van der Waals surface area contributed by atoms with Gasteiger partial charge in [0, 0.05) is 12.8 Å². The standard InChI is InChI=1S/C31H47N9O11/c1-15(2)25(40-28(48)18(32)12-22(33)42)31(51)35-13-23(43)37-21(14-41)30(50)38-19(9-10-24(44)45)29(49)36-16(3)27(47)39-20(26(34)46)11-17-7-5-4-6-8-17/h4-8,15-16,18-21,25,41H,9-14,32H2,1-3H3,(H2,33,42)(H2,34,46)(H,35,51)(H,36,49)(H,37,43)(H,38,50)(H,39,47)(H,40,48)(H,44,45). The quantitative estimate of drug-likeness (QED) is 0.0536. The summed E-state index contributed by atoms with van der Waals surface area (Å²) in [5.41, 5.74) is 16.8. The number of carboxylic acids is 1. The zero-order chi connectivity index (χ0) is 38.8. The smallest absolute Gasteiger partial charge is 0.303 e. The van der Waals surface area contributed by atoms with Crippen molar-refractivity contribution in [1.29, 1.82) is 0 Å². The molecule has 0 aromatic heterocycles. The Balaban J connectivity index is 2.87. The van der Waals surface area contributed by atoms with Gasteiger partial charge in [-0.25, -0.2) is 0 Å². The van der Waals surface area contributed by atoms with Gasteiger partial charge in [0.25, 0.3) is 0 Å². The van der Waals surface area contributed by atoms with Crippen LogP contribution in [-0.4, -0.2) is 113 Å². The second-order valence-electron chi connectivity index (χ2n) is 11.9. The average molecular weight is 722 g/mol. The van der Waals surface area contributed by atoms with Crippen molar-refractivity contribution in [3.05, 3.63) is 35.9 Å². The summed E-state index contributed by atoms with van der Waals surface area (Å²) in [4.78, 5) is 111. The summed E-state index contributed by atoms with van der Waals surface area (Å²) in [6.07, 6.45) is -1.44. The summed E-state index contributed by atoms with van der Waals surface area (Å²) in [5, 5.41) is 32.7. The number of aliphatic hydroxyl groups is 1. The van der Waals surface area contributed by atoms with E-state index in [4.69, 9.17) is 22.3 Å². The van der Waals surface area contributed by atoms with Gasteiger partial charge < -0.3 is 59.3 Å². The van der Waals surface area contributed by atoms with Crippen molar-refractivity contribution in [2.24, 2.45) is 23.1 Å². The molecule has 1 aromatic rings. The summed E-state index contributed by atoms with van der Waals surface area (Å²) in [6, 6.07) is 0.548. The molecule has 20 nitrogen and oxygen atoms in total. The minimum atomic E-state index is -1.67. The Labute approximate surface area is 293 Å². The molecule has 1 aromatic carbocycles. The second-order valence-corrected chi connectivity index (χ2v) is 11.9. The van der Waals surface area contributed by atoms with Crippen molar-refractivity contribution < 1.29 is 53.4 Å². The number of rotatable bonds is 22. The van der Waals surface area contributed by atoms with E-state index in [1.807, 2.05) is 0 Å². The van der Waals surface area contributed by atoms with E-state index in [9.17, 15) is 48.3 Å². The Kier molecular flexibility index (Phi) is 18.3. The molecule has 51 heavy (non-hydrogen) atoms. The number of carbonyl (C=O) groups is 9. The topological polar surface area (TPSA) is 344 Å². The molecule has 8 amide bonds. The van der Waals surface area contributed by atoms with Crippen molar-refractivity contribution in [3.8, 4) is 0 Å². The number of aliphatic carboxylic acids is 1. The highest BCUT2D eigenvalue weighted by atomic mass is 16.4. The molecule has 0 aliphatic heterocycles. The monoisotopic (exact) mass is 721 g/mol. The molecule has 0 spiro atoms. The highest BCUT2D eigenvalue weighted by molar-refractivity contribution is 5.97. The molecule has 0 radical (unpaired) electrons. The maximum absolute atomic E-state index is 13.1. The van der Waals surface area contributed by atoms with E-state index in [-0.39, 0.29) is 6.42 Å². The van der Waals surface area contributed by atoms with Crippen LogP contribution in [0.25, 0.3) is 0 Å². The fraction of sp³-hybridized carbons (Fsp3) is 0.516. The molecule has 6 atom stereocenters. The molecule has 0 bridgehead atoms. The van der Waals surface area contributed by atoms with Crippen LogP contribution in [0.4, 0.5) is 0 Å². The number of hydrogen-bond donors (Lipinski definition) is 11. The van der Waals surface area contributed by atoms with E-state index in [0.717, 1.165) is 0 Å². The van der Waals surface area contributed by atoms with Gasteiger partial charge in [0.05, 0.1) is 25.6 Å². The van der Waals surface area contributed by atoms with E-state index in [1.54, 1.807) is 44.2 Å². The lowest BCUT2D eigenvalue weighted by Crippen LogP contribution is -2.59. The van der Waals surface area contributed by atoms with Crippen molar-refractivity contribution in [3.63, 3.8) is 0 Å². The molecule has 282 valence electrons. The van der Waals surface area contributed by atoms with Gasteiger partial charge in [-0.2, -0.15) is 0 Å². The molecule has 0 heterocycles. The first-order chi connectivity index (χ1) is 23.9. The van der Waals surface area contributed by atoms with E-state index in [0.29, 0.717) is 5.56 Å². The maximum Gasteiger partial charge on any atom is 0.303 e. The van der Waals surface area contributed by atoms with Gasteiger partial charge in [-0.05, 0) is 24.8 Å². The third kappa shape index (κ3) is 16.1. The number of carboxylic acid groups (broad SMARTS) is 1. The van der Waals surface area contributed by atoms with Crippen molar-refractivity contribution in [2.45, 2.75) is 82.7 Å². The summed E-state index contributed by atoms with van der Waals surface area (Å²) >= 11 is 0. The Morgan fingerprint density at radius 2 is 1.31 bits per heavy atom. The van der Waals surface area contributed by atoms with Crippen LogP contribution < -0.4 is 49.1 Å². The number of carbonyl (C=O) groups excluding carboxylic acids is 8. The predicted octanol–water partition coefficient (Wildman–Crippen LogP) is -5.01. The molecular formula is C31H47N9O11. The van der Waals surface area contributed by atoms with Crippen molar-refractivity contribution in [2.75, 3.05) is 13.2 Å². The number of nitrogens with two attached hydrogens (primary N) is 3. The lowest BCUT2D eigenvalue weighted by atomic mass is 10.0. The fourth-order valence-corrected chi connectivity index (χ4v) is 4.38. The zero-order valence-corrected chi connectivity index (χ0v) is 28.5. The molecule has 6 unspecified atom stereocenters. The van der Waals surface area contributed by atoms with Crippen molar-refractivity contribution in [1.82, 2.24) is 31.9 Å². The van der Waals surface area contributed by atoms with Crippen LogP contribution in [0.5, 0.6) is 0 Å². The van der Waals surface area contributed by atoms with Gasteiger partial charge in [0.2, 0.25) is 47.3 Å². The summed E-state index contributed by atoms with van der Waals surface area (Å²) < 4.78 is 0. The zero-order valence-electron chi connectivity index (χ0n) is 28.5. The van der Waals surface area contributed by atoms with Gasteiger partial charge in [-0.15, -0.1) is 0 Å². The Hall–Kier alpha value is -5.63. The first kappa shape index (κ1) is 43.4. The molecule has 0 saturated heterocycles. The SMILES string of the molecule is CC(NC(=O)C(CCC(=O)O)NC(=O)C(CO)NC(=O)CNC(=O)C(NC(=O)C(N)CC(N)=O)C(C)C)C(=O)NC(Cc1ccccc1)C(N)=O. The molecule has 0 fully saturated rings. The Bertz CT molecular complexity index is 1420. The highest BCUT2D eigenvalue weighted by Crippen LogP contribution is 2.06. The summed E-state index contributed by atoms with van der Waals surface area (Å²) in [6.45, 7) is 2.76. The van der Waals surface area contributed by atoms with Crippen LogP contribution in [-0.2, 0) is 49.6 Å². The Morgan fingerprint density at radius 1 is 0.725 bits per heavy atom. The fourth-order valence-electron chi connectivity index (χ4n) is 4.38. The number of aliphatic hydroxyl groups excluding tert-OH is 1. The van der Waals surface area contributed by atoms with E-state index in [2.05, 4.69) is 31.9 Å². The maximum atomic E-state index is 13.1. The van der Waals surface area contributed by atoms with Gasteiger partial charge in [0.15, 0.2) is 0 Å². The third-order valence-corrected chi connectivity index (χ3v) is 7.24. The minimum Gasteiger partial charge on any atom is -0.481 e. The Morgan fingerprint density at radius 3 is 1.84 bits per heavy atom. The molecule has 0 aliphatic carbocycles. The molecule has 0 aliphatic rings. The highest BCUT2D eigenvalue weighted by Gasteiger charge is 2.31. The summed E-state index contributed by atoms with van der Waals surface area (Å²) in [7, 11) is 0. The molecule has 14 N–H and O–H groups in total. The van der Waals surface area contributed by atoms with Gasteiger partial charge >= 0.3 is 5.97 Å². The van der Waals surface area contributed by atoms with Crippen LogP contribution in [0.15, 0.2) is 30.3 Å². The second kappa shape index (κ2) is 21.5. The number of benzene rings is 1. The summed E-state index contributed by atoms with van der Waals surface area (Å²) in [5.74, 6) is -8.97. The first-order valence-electron chi connectivity index (χ1n) is 15.8. The normalized spacial score (nSPS) is 14.3. The molecule has 1 rings (SSSR count). The largest absolute Gasteiger partial charge is 0.481 e. The predicted molar refractivity (Wildman–Crippen MR) is 178 cm³/mol. The van der Waals surface area contributed by atoms with Gasteiger partial charge in [-0.3, -0.25) is 43.2 Å². The first-order valence-corrected chi connectivity index (χ1v) is 15.8. The van der Waals surface area contributed by atoms with Gasteiger partial charge in [-0.1, -0.05) is 44.2 Å². The molecular weight excluding hydrogens is 674 g/mol. The van der Waals surface area contributed by atoms with E-state index >= 15 is 0 Å². The lowest BCUT2D eigenvalue weighted by Gasteiger charge is -2.25. The van der Waals surface area contributed by atoms with Gasteiger partial charge in [0.1, 0.15) is 30.2 Å². The minimum absolute atomic E-state index is 0.0693. The number of nitrogens with one attached hydrogen (secondary N) is 6. The lowest BCUT2D eigenvalue weighted by molar-refractivity contribution is -0.138. The van der Waals surface area contributed by atoms with Crippen LogP contribution in [0, 0.1) is 5.92 Å². The van der Waals surface area contributed by atoms with Crippen LogP contribution in [0.2, 0.25) is 0 Å². The number of amides is 8.